The number of aliphatic hydroxyl groups excluding tert-OH is 2. The number of nitrogens with zero attached hydrogens (tertiary/aromatic N) is 3. The number of aliphatic hydroxyl groups is 2. The van der Waals surface area contributed by atoms with E-state index >= 15 is 4.79 Å². The predicted molar refractivity (Wildman–Crippen MR) is 301 cm³/mol. The molecule has 1 fully saturated rings. The van der Waals surface area contributed by atoms with Crippen LogP contribution in [0, 0.1) is 33.7 Å². The molecule has 0 spiro atoms. The number of halogens is 1. The normalized spacial score (nSPS) is 20.7. The van der Waals surface area contributed by atoms with E-state index in [1.807, 2.05) is 36.4 Å². The number of nitro benzene ring substituents is 1. The molecule has 2 amide bonds. The number of nitrogens with one attached hydrogen (secondary N) is 1. The lowest BCUT2D eigenvalue weighted by Gasteiger charge is -2.60. The molecule has 2 aliphatic carbocycles. The largest absolute Gasteiger partial charge is 0.459 e. The fourth-order valence-corrected chi connectivity index (χ4v) is 11.5. The van der Waals surface area contributed by atoms with Gasteiger partial charge in [-0.25, -0.2) is 9.18 Å². The highest BCUT2D eigenvalue weighted by atomic mass is 19.1. The van der Waals surface area contributed by atoms with E-state index in [-0.39, 0.29) is 56.9 Å². The van der Waals surface area contributed by atoms with Crippen molar-refractivity contribution in [2.45, 2.75) is 147 Å². The van der Waals surface area contributed by atoms with Gasteiger partial charge >= 0.3 is 6.09 Å². The summed E-state index contributed by atoms with van der Waals surface area (Å²) in [6.07, 6.45) is 22.3. The molecule has 78 heavy (non-hydrogen) atoms. The SMILES string of the molecule is C=CCO[C@@]12Oc3ccc(OC(=O)NCCCCCCCCCCCC)cc3[C@H]3[C@H](CCCCO)[C@@H](CCCCO)C=C(C(=NOCc4ccccc4)C[C@@H]1N(Cc1ccc(F)cc1)C(=O)C=Cc1ccc([N+](=O)[O-])cc1)[C@H]32. The molecule has 0 radical (unpaired) electrons. The van der Waals surface area contributed by atoms with Crippen LogP contribution in [0.25, 0.3) is 6.08 Å². The maximum absolute atomic E-state index is 15.3. The number of hydrogen-bond donors (Lipinski definition) is 3. The average molecular weight is 1070 g/mol. The van der Waals surface area contributed by atoms with E-state index in [1.165, 1.54) is 75.3 Å². The topological polar surface area (TPSA) is 182 Å². The van der Waals surface area contributed by atoms with E-state index in [4.69, 9.17) is 24.2 Å². The average Bonchev–Trinajstić information content (AvgIpc) is 3.06. The number of rotatable bonds is 32. The van der Waals surface area contributed by atoms with Gasteiger partial charge in [-0.05, 0) is 115 Å². The molecule has 0 bridgehead atoms. The molecule has 4 aromatic carbocycles. The quantitative estimate of drug-likeness (QED) is 0.0140. The minimum Gasteiger partial charge on any atom is -0.459 e. The summed E-state index contributed by atoms with van der Waals surface area (Å²) in [6.45, 7) is 6.99. The number of non-ortho nitro benzene ring substituents is 1. The molecule has 1 aliphatic heterocycles. The van der Waals surface area contributed by atoms with Crippen LogP contribution in [0.5, 0.6) is 11.5 Å². The second-order valence-electron chi connectivity index (χ2n) is 20.8. The Balaban J connectivity index is 1.32. The Kier molecular flexibility index (Phi) is 23.0. The third kappa shape index (κ3) is 16.0. The van der Waals surface area contributed by atoms with Crippen LogP contribution in [0.3, 0.4) is 0 Å². The standard InChI is InChI=1S/C63H79FN4O10/c1-3-5-6-7-8-9-10-11-12-18-37-65-62(72)77-52-34-35-57-55(42-52)60-53(24-17-20-39-70)49(23-16-19-38-69)41-54-56(66-76-45-48-21-14-13-15-22-48)43-58(63(78-57,61(54)60)75-40-4-2)67(44-47-25-30-50(64)31-26-47)59(71)36-29-46-27-32-51(33-28-46)68(73)74/h4,13-15,21-22,25-36,41-42,49,53,58,60-61,69-70H,2-3,5-12,16-20,23-24,37-40,43-45H2,1H3,(H,65,72)/t49-,53+,58-,60+,61+,63+/m0/s1. The Morgan fingerprint density at radius 1 is 0.872 bits per heavy atom. The van der Waals surface area contributed by atoms with Gasteiger partial charge in [-0.3, -0.25) is 14.9 Å². The molecule has 6 atom stereocenters. The minimum absolute atomic E-state index is 0.0108. The molecule has 0 unspecified atom stereocenters. The third-order valence-corrected chi connectivity index (χ3v) is 15.4. The molecule has 3 N–H and O–H groups in total. The first-order valence-electron chi connectivity index (χ1n) is 28.3. The molecule has 14 nitrogen and oxygen atoms in total. The number of oxime groups is 1. The Morgan fingerprint density at radius 2 is 1.56 bits per heavy atom. The molecule has 7 rings (SSSR count). The van der Waals surface area contributed by atoms with Crippen LogP contribution >= 0.6 is 0 Å². The van der Waals surface area contributed by atoms with Gasteiger partial charge in [0.1, 0.15) is 30.0 Å². The highest BCUT2D eigenvalue weighted by Crippen LogP contribution is 2.62. The smallest absolute Gasteiger partial charge is 0.412 e. The minimum atomic E-state index is -1.63. The summed E-state index contributed by atoms with van der Waals surface area (Å²) in [7, 11) is 0. The number of fused-ring (bicyclic) bond motifs is 2. The van der Waals surface area contributed by atoms with E-state index < -0.39 is 46.4 Å². The molecular formula is C63H79FN4O10. The summed E-state index contributed by atoms with van der Waals surface area (Å²) in [5.41, 5.74) is 4.17. The van der Waals surface area contributed by atoms with Crippen LogP contribution in [0.1, 0.15) is 144 Å². The number of benzene rings is 4. The number of nitro groups is 1. The second-order valence-corrected chi connectivity index (χ2v) is 20.8. The second kappa shape index (κ2) is 30.5. The molecule has 3 aliphatic rings. The lowest BCUT2D eigenvalue weighted by Crippen LogP contribution is -2.70. The summed E-state index contributed by atoms with van der Waals surface area (Å²) in [5.74, 6) is -2.95. The van der Waals surface area contributed by atoms with Crippen molar-refractivity contribution in [2.24, 2.45) is 22.9 Å². The molecular weight excluding hydrogens is 992 g/mol. The maximum Gasteiger partial charge on any atom is 0.412 e. The molecule has 1 saturated carbocycles. The molecule has 15 heteroatoms. The van der Waals surface area contributed by atoms with Crippen molar-refractivity contribution < 1.29 is 48.2 Å². The van der Waals surface area contributed by atoms with Crippen molar-refractivity contribution >= 4 is 29.5 Å². The van der Waals surface area contributed by atoms with Gasteiger partial charge in [-0.2, -0.15) is 0 Å². The lowest BCUT2D eigenvalue weighted by molar-refractivity contribution is -0.384. The van der Waals surface area contributed by atoms with E-state index in [1.54, 1.807) is 53.5 Å². The van der Waals surface area contributed by atoms with Gasteiger partial charge < -0.3 is 39.5 Å². The fraction of sp³-hybridized carbons (Fsp3) is 0.476. The van der Waals surface area contributed by atoms with E-state index in [9.17, 15) is 29.5 Å². The lowest BCUT2D eigenvalue weighted by atomic mass is 9.55. The zero-order valence-corrected chi connectivity index (χ0v) is 45.3. The van der Waals surface area contributed by atoms with Crippen LogP contribution in [0.2, 0.25) is 0 Å². The summed E-state index contributed by atoms with van der Waals surface area (Å²) in [5, 5.41) is 39.6. The van der Waals surface area contributed by atoms with Crippen LogP contribution in [0.4, 0.5) is 14.9 Å². The van der Waals surface area contributed by atoms with Gasteiger partial charge in [-0.1, -0.05) is 137 Å². The van der Waals surface area contributed by atoms with Crippen LogP contribution in [-0.4, -0.2) is 75.9 Å². The Bertz CT molecular complexity index is 2640. The molecule has 0 saturated heterocycles. The van der Waals surface area contributed by atoms with Gasteiger partial charge in [0.15, 0.2) is 0 Å². The van der Waals surface area contributed by atoms with Gasteiger partial charge in [-0.15, -0.1) is 6.58 Å². The predicted octanol–water partition coefficient (Wildman–Crippen LogP) is 13.3. The zero-order valence-electron chi connectivity index (χ0n) is 45.3. The van der Waals surface area contributed by atoms with Gasteiger partial charge in [0, 0.05) is 62.4 Å². The van der Waals surface area contributed by atoms with Crippen molar-refractivity contribution in [1.29, 1.82) is 0 Å². The third-order valence-electron chi connectivity index (χ3n) is 15.4. The zero-order chi connectivity index (χ0) is 55.1. The van der Waals surface area contributed by atoms with Crippen molar-refractivity contribution in [3.05, 3.63) is 166 Å². The molecule has 4 aromatic rings. The van der Waals surface area contributed by atoms with Crippen LogP contribution in [0.15, 0.2) is 133 Å². The molecule has 0 aromatic heterocycles. The Hall–Kier alpha value is -6.68. The number of carbonyl (C=O) groups is 2. The highest BCUT2D eigenvalue weighted by Gasteiger charge is 2.65. The summed E-state index contributed by atoms with van der Waals surface area (Å²) < 4.78 is 35.2. The van der Waals surface area contributed by atoms with E-state index in [0.29, 0.717) is 60.6 Å². The number of allylic oxidation sites excluding steroid dienone is 1. The first-order valence-corrected chi connectivity index (χ1v) is 28.3. The van der Waals surface area contributed by atoms with E-state index in [2.05, 4.69) is 24.9 Å². The van der Waals surface area contributed by atoms with Gasteiger partial charge in [0.25, 0.3) is 5.69 Å². The summed E-state index contributed by atoms with van der Waals surface area (Å²) in [4.78, 5) is 47.7. The number of unbranched alkanes of at least 4 members (excludes halogenated alkanes) is 11. The van der Waals surface area contributed by atoms with Gasteiger partial charge in [0.2, 0.25) is 11.7 Å². The maximum atomic E-state index is 15.3. The van der Waals surface area contributed by atoms with Crippen LogP contribution in [-0.2, 0) is 27.5 Å². The van der Waals surface area contributed by atoms with Crippen molar-refractivity contribution in [3.63, 3.8) is 0 Å². The van der Waals surface area contributed by atoms with E-state index in [0.717, 1.165) is 48.8 Å². The fourth-order valence-electron chi connectivity index (χ4n) is 11.5. The Morgan fingerprint density at radius 3 is 2.24 bits per heavy atom. The van der Waals surface area contributed by atoms with Crippen molar-refractivity contribution in [1.82, 2.24) is 10.2 Å². The van der Waals surface area contributed by atoms with Crippen molar-refractivity contribution in [3.8, 4) is 11.5 Å². The number of hydrogen-bond acceptors (Lipinski definition) is 11. The first kappa shape index (κ1) is 59.0. The Labute approximate surface area is 459 Å². The molecule has 418 valence electrons. The van der Waals surface area contributed by atoms with Crippen molar-refractivity contribution in [2.75, 3.05) is 26.4 Å². The first-order chi connectivity index (χ1) is 38.1. The number of amides is 2. The summed E-state index contributed by atoms with van der Waals surface area (Å²) >= 11 is 0. The van der Waals surface area contributed by atoms with Crippen LogP contribution < -0.4 is 14.8 Å². The summed E-state index contributed by atoms with van der Waals surface area (Å²) in [6, 6.07) is 25.9. The highest BCUT2D eigenvalue weighted by molar-refractivity contribution is 6.03. The molecule has 1 heterocycles. The monoisotopic (exact) mass is 1070 g/mol. The van der Waals surface area contributed by atoms with Gasteiger partial charge in [0.05, 0.1) is 23.2 Å². The number of ether oxygens (including phenoxy) is 3. The number of carbonyl (C=O) groups excluding carboxylic acids is 2.